The van der Waals surface area contributed by atoms with Crippen molar-refractivity contribution >= 4 is 39.1 Å². The van der Waals surface area contributed by atoms with E-state index >= 15 is 0 Å². The Kier molecular flexibility index (Phi) is 4.89. The maximum atomic E-state index is 11.6. The Balaban J connectivity index is 2.62. The number of aliphatic carboxylic acids is 1. The quantitative estimate of drug-likeness (QED) is 0.839. The van der Waals surface area contributed by atoms with Gasteiger partial charge in [-0.25, -0.2) is 4.79 Å². The molecular weight excluding hydrogens is 306 g/mol. The zero-order chi connectivity index (χ0) is 13.0. The Morgan fingerprint density at radius 3 is 2.47 bits per heavy atom. The highest BCUT2D eigenvalue weighted by atomic mass is 79.9. The van der Waals surface area contributed by atoms with Gasteiger partial charge in [0, 0.05) is 16.0 Å². The van der Waals surface area contributed by atoms with Crippen LogP contribution in [0.3, 0.4) is 0 Å². The lowest BCUT2D eigenvalue weighted by Crippen LogP contribution is -2.24. The summed E-state index contributed by atoms with van der Waals surface area (Å²) in [7, 11) is 0. The van der Waals surface area contributed by atoms with Gasteiger partial charge in [0.15, 0.2) is 0 Å². The molecule has 17 heavy (non-hydrogen) atoms. The number of amides is 1. The monoisotopic (exact) mass is 317 g/mol. The van der Waals surface area contributed by atoms with E-state index < -0.39 is 5.97 Å². The Bertz CT molecular complexity index is 479. The number of halogens is 1. The van der Waals surface area contributed by atoms with Crippen LogP contribution >= 0.6 is 27.3 Å². The van der Waals surface area contributed by atoms with Crippen LogP contribution in [-0.4, -0.2) is 17.0 Å². The summed E-state index contributed by atoms with van der Waals surface area (Å²) in [6.45, 7) is 3.32. The van der Waals surface area contributed by atoms with E-state index in [0.717, 1.165) is 8.66 Å². The highest BCUT2D eigenvalue weighted by Crippen LogP contribution is 2.21. The lowest BCUT2D eigenvalue weighted by molar-refractivity contribution is -0.133. The zero-order valence-corrected chi connectivity index (χ0v) is 11.8. The van der Waals surface area contributed by atoms with E-state index in [1.54, 1.807) is 0 Å². The first-order chi connectivity index (χ1) is 7.91. The maximum absolute atomic E-state index is 11.6. The molecule has 0 atom stereocenters. The number of carbonyl (C=O) groups is 2. The number of hydrogen-bond donors (Lipinski definition) is 2. The van der Waals surface area contributed by atoms with Crippen molar-refractivity contribution in [3.05, 3.63) is 31.9 Å². The summed E-state index contributed by atoms with van der Waals surface area (Å²) in [6.07, 6.45) is 0. The molecule has 1 rings (SSSR count). The van der Waals surface area contributed by atoms with E-state index in [1.807, 2.05) is 12.1 Å². The summed E-state index contributed by atoms with van der Waals surface area (Å²) in [5.41, 5.74) is 0.294. The lowest BCUT2D eigenvalue weighted by atomic mass is 10.1. The third-order valence-electron chi connectivity index (χ3n) is 2.28. The van der Waals surface area contributed by atoms with Gasteiger partial charge in [-0.05, 0) is 41.9 Å². The number of rotatable bonds is 4. The van der Waals surface area contributed by atoms with Crippen LogP contribution in [0, 0.1) is 0 Å². The maximum Gasteiger partial charge on any atom is 0.331 e. The van der Waals surface area contributed by atoms with Gasteiger partial charge in [-0.15, -0.1) is 11.3 Å². The highest BCUT2D eigenvalue weighted by molar-refractivity contribution is 9.11. The average Bonchev–Trinajstić information content (AvgIpc) is 2.69. The van der Waals surface area contributed by atoms with Crippen molar-refractivity contribution in [1.29, 1.82) is 0 Å². The highest BCUT2D eigenvalue weighted by Gasteiger charge is 2.12. The van der Waals surface area contributed by atoms with Crippen molar-refractivity contribution < 1.29 is 14.7 Å². The van der Waals surface area contributed by atoms with Gasteiger partial charge in [-0.2, -0.15) is 0 Å². The summed E-state index contributed by atoms with van der Waals surface area (Å²) < 4.78 is 0.996. The van der Waals surface area contributed by atoms with Gasteiger partial charge in [-0.1, -0.05) is 0 Å². The predicted octanol–water partition coefficient (Wildman–Crippen LogP) is 2.55. The Morgan fingerprint density at radius 1 is 1.35 bits per heavy atom. The summed E-state index contributed by atoms with van der Waals surface area (Å²) in [5.74, 6) is -1.43. The molecule has 92 valence electrons. The second-order valence-electron chi connectivity index (χ2n) is 3.44. The third-order valence-corrected chi connectivity index (χ3v) is 3.90. The van der Waals surface area contributed by atoms with Crippen LogP contribution in [-0.2, 0) is 16.1 Å². The van der Waals surface area contributed by atoms with Crippen molar-refractivity contribution in [2.45, 2.75) is 20.4 Å². The van der Waals surface area contributed by atoms with E-state index in [9.17, 15) is 9.59 Å². The van der Waals surface area contributed by atoms with Crippen LogP contribution in [0.25, 0.3) is 0 Å². The fourth-order valence-corrected chi connectivity index (χ4v) is 2.50. The summed E-state index contributed by atoms with van der Waals surface area (Å²) in [4.78, 5) is 23.3. The molecule has 1 aromatic rings. The third kappa shape index (κ3) is 3.98. The molecule has 0 fully saturated rings. The second kappa shape index (κ2) is 5.97. The van der Waals surface area contributed by atoms with Crippen molar-refractivity contribution in [3.63, 3.8) is 0 Å². The molecule has 0 unspecified atom stereocenters. The van der Waals surface area contributed by atoms with E-state index in [2.05, 4.69) is 21.2 Å². The molecule has 0 spiro atoms. The van der Waals surface area contributed by atoms with Crippen LogP contribution in [0.2, 0.25) is 0 Å². The fraction of sp³-hybridized carbons (Fsp3) is 0.273. The first-order valence-corrected chi connectivity index (χ1v) is 6.46. The molecule has 1 heterocycles. The molecule has 0 saturated carbocycles. The number of nitrogens with one attached hydrogen (secondary N) is 1. The molecular formula is C11H12BrNO3S. The van der Waals surface area contributed by atoms with E-state index in [0.29, 0.717) is 6.54 Å². The number of hydrogen-bond acceptors (Lipinski definition) is 3. The van der Waals surface area contributed by atoms with Gasteiger partial charge >= 0.3 is 5.97 Å². The molecule has 4 nitrogen and oxygen atoms in total. The molecule has 0 bridgehead atoms. The largest absolute Gasteiger partial charge is 0.478 e. The number of carbonyl (C=O) groups excluding carboxylic acids is 1. The average molecular weight is 318 g/mol. The Labute approximate surface area is 111 Å². The first-order valence-electron chi connectivity index (χ1n) is 4.85. The molecule has 0 aromatic carbocycles. The summed E-state index contributed by atoms with van der Waals surface area (Å²) >= 11 is 4.85. The topological polar surface area (TPSA) is 66.4 Å². The van der Waals surface area contributed by atoms with Gasteiger partial charge in [0.1, 0.15) is 0 Å². The minimum atomic E-state index is -1.07. The van der Waals surface area contributed by atoms with Gasteiger partial charge in [0.25, 0.3) is 0 Å². The van der Waals surface area contributed by atoms with Crippen LogP contribution in [0.1, 0.15) is 18.7 Å². The molecule has 2 N–H and O–H groups in total. The van der Waals surface area contributed by atoms with Crippen molar-refractivity contribution in [2.24, 2.45) is 0 Å². The molecule has 1 amide bonds. The number of thiophene rings is 1. The molecule has 0 saturated heterocycles. The van der Waals surface area contributed by atoms with Gasteiger partial charge in [-0.3, -0.25) is 4.79 Å². The molecule has 0 aliphatic rings. The van der Waals surface area contributed by atoms with Gasteiger partial charge in [0.2, 0.25) is 5.91 Å². The summed E-state index contributed by atoms with van der Waals surface area (Å²) in [6, 6.07) is 3.80. The second-order valence-corrected chi connectivity index (χ2v) is 5.99. The smallest absolute Gasteiger partial charge is 0.331 e. The molecule has 1 aromatic heterocycles. The number of carboxylic acid groups (broad SMARTS) is 1. The van der Waals surface area contributed by atoms with Gasteiger partial charge in [0.05, 0.1) is 10.3 Å². The molecule has 0 aliphatic heterocycles. The Hall–Kier alpha value is -1.14. The first kappa shape index (κ1) is 13.9. The van der Waals surface area contributed by atoms with Crippen molar-refractivity contribution in [2.75, 3.05) is 0 Å². The van der Waals surface area contributed by atoms with E-state index in [4.69, 9.17) is 5.11 Å². The summed E-state index contributed by atoms with van der Waals surface area (Å²) in [5, 5.41) is 11.4. The normalized spacial score (nSPS) is 11.9. The van der Waals surface area contributed by atoms with Crippen LogP contribution in [0.15, 0.2) is 27.1 Å². The SMILES string of the molecule is CC(C(=O)O)=C(C)C(=O)NCc1ccc(Br)s1. The standard InChI is InChI=1S/C11H12BrNO3S/c1-6(7(2)11(15)16)10(14)13-5-8-3-4-9(12)17-8/h3-4H,5H2,1-2H3,(H,13,14)(H,15,16). The predicted molar refractivity (Wildman–Crippen MR) is 69.9 cm³/mol. The number of carboxylic acids is 1. The van der Waals surface area contributed by atoms with E-state index in [1.165, 1.54) is 25.2 Å². The molecule has 0 radical (unpaired) electrons. The van der Waals surface area contributed by atoms with E-state index in [-0.39, 0.29) is 17.1 Å². The van der Waals surface area contributed by atoms with Crippen LogP contribution in [0.5, 0.6) is 0 Å². The fourth-order valence-electron chi connectivity index (χ4n) is 1.08. The lowest BCUT2D eigenvalue weighted by Gasteiger charge is -2.05. The molecule has 6 heteroatoms. The van der Waals surface area contributed by atoms with Gasteiger partial charge < -0.3 is 10.4 Å². The van der Waals surface area contributed by atoms with Crippen LogP contribution in [0.4, 0.5) is 0 Å². The van der Waals surface area contributed by atoms with Crippen LogP contribution < -0.4 is 5.32 Å². The minimum absolute atomic E-state index is 0.0647. The van der Waals surface area contributed by atoms with Crippen molar-refractivity contribution in [1.82, 2.24) is 5.32 Å². The molecule has 0 aliphatic carbocycles. The minimum Gasteiger partial charge on any atom is -0.478 e. The van der Waals surface area contributed by atoms with Crippen molar-refractivity contribution in [3.8, 4) is 0 Å². The zero-order valence-electron chi connectivity index (χ0n) is 9.41. The Morgan fingerprint density at radius 2 is 2.00 bits per heavy atom.